The first-order valence-electron chi connectivity index (χ1n) is 6.82. The number of rotatable bonds is 5. The van der Waals surface area contributed by atoms with Gasteiger partial charge < -0.3 is 9.73 Å². The Bertz CT molecular complexity index is 585. The highest BCUT2D eigenvalue weighted by molar-refractivity contribution is 6.02. The second-order valence-electron chi connectivity index (χ2n) is 4.73. The Labute approximate surface area is 119 Å². The normalized spacial score (nSPS) is 12.5. The van der Waals surface area contributed by atoms with E-state index >= 15 is 0 Å². The smallest absolute Gasteiger partial charge is 0.248 e. The summed E-state index contributed by atoms with van der Waals surface area (Å²) in [5, 5.41) is 2.92. The zero-order valence-corrected chi connectivity index (χ0v) is 11.8. The van der Waals surface area contributed by atoms with Crippen LogP contribution in [0.1, 0.15) is 37.5 Å². The maximum absolute atomic E-state index is 11.9. The van der Waals surface area contributed by atoms with Crippen LogP contribution in [0.4, 0.5) is 5.69 Å². The summed E-state index contributed by atoms with van der Waals surface area (Å²) in [5.74, 6) is 0.924. The number of carbonyl (C=O) groups is 1. The fraction of sp³-hybridized carbons (Fsp3) is 0.235. The molecule has 0 saturated carbocycles. The summed E-state index contributed by atoms with van der Waals surface area (Å²) in [4.78, 5) is 11.9. The summed E-state index contributed by atoms with van der Waals surface area (Å²) in [6.45, 7) is 4.30. The molecule has 104 valence electrons. The molecular weight excluding hydrogens is 250 g/mol. The van der Waals surface area contributed by atoms with Crippen molar-refractivity contribution in [2.45, 2.75) is 26.2 Å². The summed E-state index contributed by atoms with van der Waals surface area (Å²) < 4.78 is 5.15. The number of para-hydroxylation sites is 1. The van der Waals surface area contributed by atoms with Crippen LogP contribution in [0.15, 0.2) is 53.2 Å². The molecule has 3 heteroatoms. The monoisotopic (exact) mass is 269 g/mol. The van der Waals surface area contributed by atoms with Crippen LogP contribution in [0.25, 0.3) is 6.08 Å². The Morgan fingerprint density at radius 1 is 1.30 bits per heavy atom. The van der Waals surface area contributed by atoms with Gasteiger partial charge in [-0.3, -0.25) is 4.79 Å². The van der Waals surface area contributed by atoms with Crippen LogP contribution in [0.3, 0.4) is 0 Å². The van der Waals surface area contributed by atoms with E-state index in [0.29, 0.717) is 11.7 Å². The van der Waals surface area contributed by atoms with Gasteiger partial charge in [0.25, 0.3) is 0 Å². The zero-order valence-electron chi connectivity index (χ0n) is 11.8. The van der Waals surface area contributed by atoms with Crippen LogP contribution in [0.5, 0.6) is 0 Å². The highest BCUT2D eigenvalue weighted by atomic mass is 16.3. The molecule has 20 heavy (non-hydrogen) atoms. The minimum atomic E-state index is -0.155. The number of hydrogen-bond acceptors (Lipinski definition) is 2. The van der Waals surface area contributed by atoms with Crippen molar-refractivity contribution in [2.24, 2.45) is 0 Å². The molecule has 1 aromatic heterocycles. The Kier molecular flexibility index (Phi) is 4.77. The molecule has 0 bridgehead atoms. The molecule has 0 fully saturated rings. The van der Waals surface area contributed by atoms with Gasteiger partial charge in [-0.1, -0.05) is 32.0 Å². The van der Waals surface area contributed by atoms with Crippen molar-refractivity contribution in [1.29, 1.82) is 0 Å². The van der Waals surface area contributed by atoms with Crippen LogP contribution >= 0.6 is 0 Å². The van der Waals surface area contributed by atoms with Crippen molar-refractivity contribution in [3.05, 3.63) is 60.1 Å². The number of hydrogen-bond donors (Lipinski definition) is 1. The molecule has 0 spiro atoms. The molecule has 0 aliphatic rings. The Morgan fingerprint density at radius 2 is 2.10 bits per heavy atom. The van der Waals surface area contributed by atoms with Crippen molar-refractivity contribution >= 4 is 17.7 Å². The Hall–Kier alpha value is -2.29. The summed E-state index contributed by atoms with van der Waals surface area (Å²) in [5.41, 5.74) is 2.03. The van der Waals surface area contributed by atoms with Crippen molar-refractivity contribution < 1.29 is 9.21 Å². The maximum atomic E-state index is 11.9. The number of amides is 1. The van der Waals surface area contributed by atoms with Crippen molar-refractivity contribution in [1.82, 2.24) is 0 Å². The number of carbonyl (C=O) groups excluding carboxylic acids is 1. The fourth-order valence-corrected chi connectivity index (χ4v) is 1.98. The molecule has 0 unspecified atom stereocenters. The lowest BCUT2D eigenvalue weighted by atomic mass is 9.97. The lowest BCUT2D eigenvalue weighted by molar-refractivity contribution is -0.111. The topological polar surface area (TPSA) is 42.2 Å². The third-order valence-electron chi connectivity index (χ3n) is 3.30. The van der Waals surface area contributed by atoms with Gasteiger partial charge in [-0.25, -0.2) is 0 Å². The average Bonchev–Trinajstić information content (AvgIpc) is 2.98. The fourth-order valence-electron chi connectivity index (χ4n) is 1.98. The van der Waals surface area contributed by atoms with E-state index in [1.54, 1.807) is 24.5 Å². The van der Waals surface area contributed by atoms with Gasteiger partial charge in [0.1, 0.15) is 5.76 Å². The quantitative estimate of drug-likeness (QED) is 0.815. The lowest BCUT2D eigenvalue weighted by Gasteiger charge is -2.14. The highest BCUT2D eigenvalue weighted by Crippen LogP contribution is 2.26. The maximum Gasteiger partial charge on any atom is 0.248 e. The van der Waals surface area contributed by atoms with Crippen LogP contribution in [0, 0.1) is 0 Å². The van der Waals surface area contributed by atoms with Gasteiger partial charge in [-0.2, -0.15) is 0 Å². The van der Waals surface area contributed by atoms with Gasteiger partial charge in [-0.05, 0) is 42.2 Å². The molecule has 1 amide bonds. The van der Waals surface area contributed by atoms with E-state index in [9.17, 15) is 4.79 Å². The Balaban J connectivity index is 2.08. The van der Waals surface area contributed by atoms with E-state index < -0.39 is 0 Å². The van der Waals surface area contributed by atoms with Crippen molar-refractivity contribution in [3.63, 3.8) is 0 Å². The van der Waals surface area contributed by atoms with Crippen LogP contribution < -0.4 is 5.32 Å². The van der Waals surface area contributed by atoms with Gasteiger partial charge in [0.2, 0.25) is 5.91 Å². The summed E-state index contributed by atoms with van der Waals surface area (Å²) in [6.07, 6.45) is 5.75. The molecule has 0 saturated heterocycles. The van der Waals surface area contributed by atoms with E-state index in [4.69, 9.17) is 4.42 Å². The predicted octanol–water partition coefficient (Wildman–Crippen LogP) is 4.45. The van der Waals surface area contributed by atoms with Gasteiger partial charge in [-0.15, -0.1) is 0 Å². The first-order chi connectivity index (χ1) is 9.70. The minimum Gasteiger partial charge on any atom is -0.465 e. The number of benzene rings is 1. The first-order valence-corrected chi connectivity index (χ1v) is 6.82. The third kappa shape index (κ3) is 3.60. The molecule has 1 N–H and O–H groups in total. The SMILES string of the molecule is CC[C@H](C)c1ccccc1NC(=O)/C=C\c1ccco1. The van der Waals surface area contributed by atoms with Gasteiger partial charge >= 0.3 is 0 Å². The van der Waals surface area contributed by atoms with E-state index in [1.807, 2.05) is 18.2 Å². The average molecular weight is 269 g/mol. The molecule has 1 atom stereocenters. The number of anilines is 1. The highest BCUT2D eigenvalue weighted by Gasteiger charge is 2.09. The van der Waals surface area contributed by atoms with Crippen LogP contribution in [-0.4, -0.2) is 5.91 Å². The zero-order chi connectivity index (χ0) is 14.4. The molecule has 0 radical (unpaired) electrons. The molecule has 0 aliphatic carbocycles. The molecule has 2 rings (SSSR count). The molecule has 3 nitrogen and oxygen atoms in total. The number of furan rings is 1. The molecule has 0 aliphatic heterocycles. The lowest BCUT2D eigenvalue weighted by Crippen LogP contribution is -2.10. The van der Waals surface area contributed by atoms with E-state index in [2.05, 4.69) is 25.2 Å². The van der Waals surface area contributed by atoms with E-state index in [0.717, 1.165) is 17.7 Å². The van der Waals surface area contributed by atoms with Crippen molar-refractivity contribution in [3.8, 4) is 0 Å². The van der Waals surface area contributed by atoms with Gasteiger partial charge in [0.05, 0.1) is 6.26 Å². The Morgan fingerprint density at radius 3 is 2.80 bits per heavy atom. The second kappa shape index (κ2) is 6.75. The van der Waals surface area contributed by atoms with Crippen molar-refractivity contribution in [2.75, 3.05) is 5.32 Å². The van der Waals surface area contributed by atoms with E-state index in [1.165, 1.54) is 6.08 Å². The molecular formula is C17H19NO2. The minimum absolute atomic E-state index is 0.155. The van der Waals surface area contributed by atoms with Gasteiger partial charge in [0, 0.05) is 11.8 Å². The third-order valence-corrected chi connectivity index (χ3v) is 3.30. The van der Waals surface area contributed by atoms with Gasteiger partial charge in [0.15, 0.2) is 0 Å². The number of nitrogens with one attached hydrogen (secondary N) is 1. The largest absolute Gasteiger partial charge is 0.465 e. The van der Waals surface area contributed by atoms with Crippen LogP contribution in [-0.2, 0) is 4.79 Å². The second-order valence-corrected chi connectivity index (χ2v) is 4.73. The summed E-state index contributed by atoms with van der Waals surface area (Å²) in [7, 11) is 0. The molecule has 2 aromatic rings. The van der Waals surface area contributed by atoms with E-state index in [-0.39, 0.29) is 5.91 Å². The first kappa shape index (κ1) is 14.1. The molecule has 1 heterocycles. The standard InChI is InChI=1S/C17H19NO2/c1-3-13(2)15-8-4-5-9-16(15)18-17(19)11-10-14-7-6-12-20-14/h4-13H,3H2,1-2H3,(H,18,19)/b11-10-/t13-/m0/s1. The molecule has 1 aromatic carbocycles. The predicted molar refractivity (Wildman–Crippen MR) is 81.5 cm³/mol. The summed E-state index contributed by atoms with van der Waals surface area (Å²) >= 11 is 0. The van der Waals surface area contributed by atoms with Crippen LogP contribution in [0.2, 0.25) is 0 Å². The summed E-state index contributed by atoms with van der Waals surface area (Å²) in [6, 6.07) is 11.5.